The van der Waals surface area contributed by atoms with Crippen LogP contribution in [-0.4, -0.2) is 23.9 Å². The van der Waals surface area contributed by atoms with Crippen LogP contribution in [0.2, 0.25) is 5.02 Å². The van der Waals surface area contributed by atoms with Crippen LogP contribution in [0.1, 0.15) is 16.9 Å². The second-order valence-electron chi connectivity index (χ2n) is 5.21. The number of hydrogen-bond acceptors (Lipinski definition) is 4. The van der Waals surface area contributed by atoms with Gasteiger partial charge in [-0.2, -0.15) is 5.26 Å². The number of nitriles is 1. The van der Waals surface area contributed by atoms with Gasteiger partial charge in [-0.05, 0) is 29.6 Å². The maximum atomic E-state index is 12.1. The normalized spacial score (nSPS) is 10.4. The van der Waals surface area contributed by atoms with E-state index in [1.165, 1.54) is 4.88 Å². The number of carbonyl (C=O) groups excluding carboxylic acids is 1. The predicted octanol–water partition coefficient (Wildman–Crippen LogP) is 4.29. The first-order valence-corrected chi connectivity index (χ1v) is 8.73. The van der Waals surface area contributed by atoms with Crippen molar-refractivity contribution in [2.45, 2.75) is 13.0 Å². The molecule has 1 heterocycles. The number of thiophene rings is 1. The minimum atomic E-state index is -0.0870. The largest absolute Gasteiger partial charge is 0.326 e. The molecule has 124 valence electrons. The number of carbonyl (C=O) groups is 1. The highest BCUT2D eigenvalue weighted by Crippen LogP contribution is 2.20. The summed E-state index contributed by atoms with van der Waals surface area (Å²) >= 11 is 7.67. The van der Waals surface area contributed by atoms with Gasteiger partial charge < -0.3 is 5.32 Å². The van der Waals surface area contributed by atoms with Crippen LogP contribution in [-0.2, 0) is 11.3 Å². The molecule has 1 aromatic carbocycles. The lowest BCUT2D eigenvalue weighted by Gasteiger charge is -2.19. The van der Waals surface area contributed by atoms with Crippen molar-refractivity contribution in [1.82, 2.24) is 4.90 Å². The lowest BCUT2D eigenvalue weighted by atomic mass is 10.2. The van der Waals surface area contributed by atoms with Gasteiger partial charge in [0.15, 0.2) is 0 Å². The molecule has 0 unspecified atom stereocenters. The molecule has 0 saturated heterocycles. The van der Waals surface area contributed by atoms with Crippen molar-refractivity contribution in [1.29, 1.82) is 5.26 Å². The minimum absolute atomic E-state index is 0.0870. The number of nitrogens with one attached hydrogen (secondary N) is 1. The third-order valence-electron chi connectivity index (χ3n) is 3.38. The van der Waals surface area contributed by atoms with E-state index in [1.807, 2.05) is 23.6 Å². The molecule has 0 aliphatic carbocycles. The number of hydrogen-bond donors (Lipinski definition) is 1. The molecular weight excluding hydrogens is 342 g/mol. The highest BCUT2D eigenvalue weighted by Gasteiger charge is 2.10. The van der Waals surface area contributed by atoms with E-state index < -0.39 is 0 Å². The van der Waals surface area contributed by atoms with E-state index in [-0.39, 0.29) is 5.91 Å². The zero-order chi connectivity index (χ0) is 17.4. The zero-order valence-electron chi connectivity index (χ0n) is 13.2. The molecule has 6 heteroatoms. The summed E-state index contributed by atoms with van der Waals surface area (Å²) in [6.07, 6.45) is 2.21. The van der Waals surface area contributed by atoms with Crippen LogP contribution < -0.4 is 5.32 Å². The Kier molecular flexibility index (Phi) is 7.01. The third-order valence-corrected chi connectivity index (χ3v) is 4.55. The van der Waals surface area contributed by atoms with E-state index in [2.05, 4.69) is 22.9 Å². The Morgan fingerprint density at radius 1 is 1.46 bits per heavy atom. The third kappa shape index (κ3) is 5.50. The van der Waals surface area contributed by atoms with Gasteiger partial charge in [-0.3, -0.25) is 9.69 Å². The fourth-order valence-corrected chi connectivity index (χ4v) is 3.18. The number of anilines is 1. The number of nitrogens with zero attached hydrogens (tertiary/aromatic N) is 2. The molecule has 0 bridgehead atoms. The van der Waals surface area contributed by atoms with Crippen LogP contribution in [0.4, 0.5) is 5.69 Å². The van der Waals surface area contributed by atoms with Crippen LogP contribution in [0.5, 0.6) is 0 Å². The molecule has 0 aliphatic rings. The molecule has 4 nitrogen and oxygen atoms in total. The van der Waals surface area contributed by atoms with Gasteiger partial charge in [-0.25, -0.2) is 0 Å². The Morgan fingerprint density at radius 3 is 2.92 bits per heavy atom. The summed E-state index contributed by atoms with van der Waals surface area (Å²) in [5.41, 5.74) is 0.986. The molecule has 1 aromatic heterocycles. The number of benzene rings is 1. The van der Waals surface area contributed by atoms with Crippen LogP contribution >= 0.6 is 22.9 Å². The van der Waals surface area contributed by atoms with Crippen LogP contribution in [0.3, 0.4) is 0 Å². The molecule has 1 N–H and O–H groups in total. The Morgan fingerprint density at radius 2 is 2.29 bits per heavy atom. The SMILES string of the molecule is C=CCN(CCC(=O)Nc1ccc(C#N)c(Cl)c1)Cc1cccs1. The van der Waals surface area contributed by atoms with Crippen molar-refractivity contribution in [3.8, 4) is 6.07 Å². The van der Waals surface area contributed by atoms with E-state index in [4.69, 9.17) is 16.9 Å². The monoisotopic (exact) mass is 359 g/mol. The van der Waals surface area contributed by atoms with Gasteiger partial charge in [-0.15, -0.1) is 17.9 Å². The van der Waals surface area contributed by atoms with Crippen molar-refractivity contribution in [2.75, 3.05) is 18.4 Å². The number of halogens is 1. The highest BCUT2D eigenvalue weighted by molar-refractivity contribution is 7.09. The van der Waals surface area contributed by atoms with Crippen molar-refractivity contribution in [3.63, 3.8) is 0 Å². The number of amides is 1. The zero-order valence-corrected chi connectivity index (χ0v) is 14.7. The molecule has 2 aromatic rings. The van der Waals surface area contributed by atoms with E-state index >= 15 is 0 Å². The lowest BCUT2D eigenvalue weighted by molar-refractivity contribution is -0.116. The van der Waals surface area contributed by atoms with Gasteiger partial charge in [-0.1, -0.05) is 23.7 Å². The summed E-state index contributed by atoms with van der Waals surface area (Å²) < 4.78 is 0. The first-order chi connectivity index (χ1) is 11.6. The maximum Gasteiger partial charge on any atom is 0.225 e. The molecule has 1 amide bonds. The summed E-state index contributed by atoms with van der Waals surface area (Å²) in [6, 6.07) is 11.0. The fourth-order valence-electron chi connectivity index (χ4n) is 2.21. The molecule has 0 aliphatic heterocycles. The van der Waals surface area contributed by atoms with Gasteiger partial charge in [0.2, 0.25) is 5.91 Å². The first-order valence-electron chi connectivity index (χ1n) is 7.47. The summed E-state index contributed by atoms with van der Waals surface area (Å²) in [6.45, 7) is 5.94. The fraction of sp³-hybridized carbons (Fsp3) is 0.222. The Bertz CT molecular complexity index is 737. The summed E-state index contributed by atoms with van der Waals surface area (Å²) in [5.74, 6) is -0.0870. The second kappa shape index (κ2) is 9.24. The smallest absolute Gasteiger partial charge is 0.225 e. The van der Waals surface area contributed by atoms with Gasteiger partial charge in [0, 0.05) is 36.6 Å². The molecule has 2 rings (SSSR count). The summed E-state index contributed by atoms with van der Waals surface area (Å²) in [4.78, 5) is 15.6. The van der Waals surface area contributed by atoms with Crippen LogP contribution in [0.15, 0.2) is 48.4 Å². The van der Waals surface area contributed by atoms with E-state index in [1.54, 1.807) is 29.5 Å². The van der Waals surface area contributed by atoms with E-state index in [0.29, 0.717) is 29.2 Å². The first kappa shape index (κ1) is 18.2. The van der Waals surface area contributed by atoms with Gasteiger partial charge >= 0.3 is 0 Å². The Balaban J connectivity index is 1.87. The van der Waals surface area contributed by atoms with Gasteiger partial charge in [0.05, 0.1) is 10.6 Å². The second-order valence-corrected chi connectivity index (χ2v) is 6.65. The quantitative estimate of drug-likeness (QED) is 0.715. The molecular formula is C18H18ClN3OS. The number of rotatable bonds is 8. The van der Waals surface area contributed by atoms with Gasteiger partial charge in [0.25, 0.3) is 0 Å². The van der Waals surface area contributed by atoms with E-state index in [9.17, 15) is 4.79 Å². The maximum absolute atomic E-state index is 12.1. The molecule has 24 heavy (non-hydrogen) atoms. The van der Waals surface area contributed by atoms with Crippen LogP contribution in [0.25, 0.3) is 0 Å². The summed E-state index contributed by atoms with van der Waals surface area (Å²) in [7, 11) is 0. The average molecular weight is 360 g/mol. The minimum Gasteiger partial charge on any atom is -0.326 e. The molecule has 0 fully saturated rings. The lowest BCUT2D eigenvalue weighted by Crippen LogP contribution is -2.27. The van der Waals surface area contributed by atoms with Crippen LogP contribution in [0, 0.1) is 11.3 Å². The van der Waals surface area contributed by atoms with Crippen molar-refractivity contribution < 1.29 is 4.79 Å². The molecule has 0 saturated carbocycles. The van der Waals surface area contributed by atoms with Crippen molar-refractivity contribution in [3.05, 3.63) is 63.8 Å². The molecule has 0 radical (unpaired) electrons. The summed E-state index contributed by atoms with van der Waals surface area (Å²) in [5, 5.41) is 14.0. The van der Waals surface area contributed by atoms with Gasteiger partial charge in [0.1, 0.15) is 6.07 Å². The van der Waals surface area contributed by atoms with Crippen molar-refractivity contribution >= 4 is 34.5 Å². The topological polar surface area (TPSA) is 56.1 Å². The molecule has 0 atom stereocenters. The molecule has 0 spiro atoms. The highest BCUT2D eigenvalue weighted by atomic mass is 35.5. The Hall–Kier alpha value is -2.13. The Labute approximate surface area is 151 Å². The predicted molar refractivity (Wildman–Crippen MR) is 99.2 cm³/mol. The van der Waals surface area contributed by atoms with Crippen molar-refractivity contribution in [2.24, 2.45) is 0 Å². The van der Waals surface area contributed by atoms with E-state index in [0.717, 1.165) is 13.1 Å². The average Bonchev–Trinajstić information content (AvgIpc) is 3.06. The standard InChI is InChI=1S/C18H18ClN3OS/c1-2-8-22(13-16-4-3-10-24-16)9-7-18(23)21-15-6-5-14(12-20)17(19)11-15/h2-6,10-11H,1,7-9,13H2,(H,21,23).